The van der Waals surface area contributed by atoms with Gasteiger partial charge < -0.3 is 15.4 Å². The summed E-state index contributed by atoms with van der Waals surface area (Å²) in [5.74, 6) is -3.64. The third kappa shape index (κ3) is 5.97. The number of hydrogen-bond donors (Lipinski definition) is 2. The maximum atomic E-state index is 13.8. The van der Waals surface area contributed by atoms with Gasteiger partial charge in [-0.05, 0) is 13.0 Å². The van der Waals surface area contributed by atoms with Crippen LogP contribution in [-0.2, 0) is 21.9 Å². The first-order valence-corrected chi connectivity index (χ1v) is 9.74. The maximum Gasteiger partial charge on any atom is 0.303 e. The van der Waals surface area contributed by atoms with Crippen LogP contribution in [-0.4, -0.2) is 44.5 Å². The van der Waals surface area contributed by atoms with Gasteiger partial charge in [-0.25, -0.2) is 24.9 Å². The molecule has 0 spiro atoms. The Morgan fingerprint density at radius 1 is 1.12 bits per heavy atom. The third-order valence-corrected chi connectivity index (χ3v) is 4.28. The second-order valence-corrected chi connectivity index (χ2v) is 7.17. The fraction of sp³-hybridized carbons (Fsp3) is 0.333. The third-order valence-electron chi connectivity index (χ3n) is 4.28. The number of carbonyl (C=O) groups excluding carboxylic acids is 1. The molecule has 3 aromatic heterocycles. The lowest BCUT2D eigenvalue weighted by Crippen LogP contribution is -2.14. The van der Waals surface area contributed by atoms with Crippen molar-refractivity contribution in [2.45, 2.75) is 33.1 Å². The van der Waals surface area contributed by atoms with Crippen molar-refractivity contribution in [3.63, 3.8) is 0 Å². The Labute approximate surface area is 183 Å². The number of alkyl halides is 2. The van der Waals surface area contributed by atoms with Gasteiger partial charge in [-0.15, -0.1) is 0 Å². The molecule has 11 heteroatoms. The topological polar surface area (TPSA) is 115 Å². The highest BCUT2D eigenvalue weighted by atomic mass is 19.3. The van der Waals surface area contributed by atoms with E-state index in [1.165, 1.54) is 19.4 Å². The minimum absolute atomic E-state index is 0.170. The lowest BCUT2D eigenvalue weighted by atomic mass is 10.1. The van der Waals surface area contributed by atoms with Crippen LogP contribution in [0.4, 0.5) is 26.1 Å². The minimum Gasteiger partial charge on any atom is -0.384 e. The van der Waals surface area contributed by atoms with Crippen LogP contribution < -0.4 is 10.6 Å². The van der Waals surface area contributed by atoms with Gasteiger partial charge in [-0.2, -0.15) is 8.78 Å². The van der Waals surface area contributed by atoms with Crippen LogP contribution in [0.1, 0.15) is 31.1 Å². The van der Waals surface area contributed by atoms with E-state index in [0.717, 1.165) is 12.6 Å². The maximum absolute atomic E-state index is 13.8. The van der Waals surface area contributed by atoms with Gasteiger partial charge in [0.05, 0.1) is 18.0 Å². The van der Waals surface area contributed by atoms with Crippen molar-refractivity contribution in [2.24, 2.45) is 0 Å². The standard InChI is InChI=1S/C21H23F2N7O2/c1-12-7-19(30-20(27-12)21(3,22)23)29-17-9-18(28-13(2)31)24-10-15(17)16-8-14(5-6-32-4)25-11-26-16/h7-11H,5-6H2,1-4H3,(H2,24,27,28,29,30,31). The van der Waals surface area contributed by atoms with Crippen molar-refractivity contribution in [3.8, 4) is 11.3 Å². The quantitative estimate of drug-likeness (QED) is 0.542. The zero-order chi connectivity index (χ0) is 23.3. The summed E-state index contributed by atoms with van der Waals surface area (Å²) < 4.78 is 32.7. The molecule has 0 unspecified atom stereocenters. The number of carbonyl (C=O) groups is 1. The van der Waals surface area contributed by atoms with Crippen molar-refractivity contribution in [1.82, 2.24) is 24.9 Å². The van der Waals surface area contributed by atoms with E-state index in [1.54, 1.807) is 32.2 Å². The molecule has 3 rings (SSSR count). The molecule has 0 saturated carbocycles. The number of aryl methyl sites for hydroxylation is 1. The van der Waals surface area contributed by atoms with Crippen LogP contribution in [0.25, 0.3) is 11.3 Å². The highest BCUT2D eigenvalue weighted by Gasteiger charge is 2.29. The molecule has 0 bridgehead atoms. The zero-order valence-corrected chi connectivity index (χ0v) is 18.1. The first-order chi connectivity index (χ1) is 15.2. The Balaban J connectivity index is 2.05. The summed E-state index contributed by atoms with van der Waals surface area (Å²) in [5, 5.41) is 5.64. The molecule has 0 radical (unpaired) electrons. The molecule has 168 valence electrons. The molecule has 32 heavy (non-hydrogen) atoms. The van der Waals surface area contributed by atoms with Gasteiger partial charge in [0.25, 0.3) is 0 Å². The molecule has 1 amide bonds. The predicted molar refractivity (Wildman–Crippen MR) is 115 cm³/mol. The largest absolute Gasteiger partial charge is 0.384 e. The van der Waals surface area contributed by atoms with Crippen LogP contribution in [0.2, 0.25) is 0 Å². The molecule has 0 aromatic carbocycles. The fourth-order valence-corrected chi connectivity index (χ4v) is 2.87. The summed E-state index contributed by atoms with van der Waals surface area (Å²) in [6, 6.07) is 4.91. The summed E-state index contributed by atoms with van der Waals surface area (Å²) >= 11 is 0. The van der Waals surface area contributed by atoms with Crippen molar-refractivity contribution < 1.29 is 18.3 Å². The highest BCUT2D eigenvalue weighted by molar-refractivity contribution is 5.89. The van der Waals surface area contributed by atoms with Crippen molar-refractivity contribution >= 4 is 23.2 Å². The Kier molecular flexibility index (Phi) is 6.98. The van der Waals surface area contributed by atoms with E-state index in [2.05, 4.69) is 35.6 Å². The molecule has 0 aliphatic rings. The Morgan fingerprint density at radius 3 is 2.59 bits per heavy atom. The van der Waals surface area contributed by atoms with E-state index < -0.39 is 11.7 Å². The smallest absolute Gasteiger partial charge is 0.303 e. The lowest BCUT2D eigenvalue weighted by molar-refractivity contribution is -0.114. The molecular formula is C21H23F2N7O2. The van der Waals surface area contributed by atoms with Crippen LogP contribution in [0, 0.1) is 6.92 Å². The van der Waals surface area contributed by atoms with Crippen molar-refractivity contribution in [1.29, 1.82) is 0 Å². The number of nitrogens with one attached hydrogen (secondary N) is 2. The van der Waals surface area contributed by atoms with Crippen molar-refractivity contribution in [3.05, 3.63) is 47.9 Å². The van der Waals surface area contributed by atoms with E-state index >= 15 is 0 Å². The molecule has 3 heterocycles. The predicted octanol–water partition coefficient (Wildman–Crippen LogP) is 3.64. The number of amides is 1. The molecule has 0 saturated heterocycles. The zero-order valence-electron chi connectivity index (χ0n) is 18.1. The summed E-state index contributed by atoms with van der Waals surface area (Å²) in [4.78, 5) is 32.0. The second kappa shape index (κ2) is 9.69. The average Bonchev–Trinajstić information content (AvgIpc) is 2.71. The Bertz CT molecular complexity index is 1120. The highest BCUT2D eigenvalue weighted by Crippen LogP contribution is 2.31. The first-order valence-electron chi connectivity index (χ1n) is 9.74. The number of hydrogen-bond acceptors (Lipinski definition) is 8. The molecule has 3 aromatic rings. The van der Waals surface area contributed by atoms with Gasteiger partial charge in [-0.3, -0.25) is 4.79 Å². The van der Waals surface area contributed by atoms with Gasteiger partial charge >= 0.3 is 5.92 Å². The van der Waals surface area contributed by atoms with E-state index in [1.807, 2.05) is 0 Å². The van der Waals surface area contributed by atoms with Crippen LogP contribution in [0.15, 0.2) is 30.7 Å². The SMILES string of the molecule is COCCc1cc(-c2cnc(NC(C)=O)cc2Nc2cc(C)nc(C(C)(F)F)n2)ncn1. The number of anilines is 3. The van der Waals surface area contributed by atoms with E-state index in [4.69, 9.17) is 4.74 Å². The first kappa shape index (κ1) is 23.1. The van der Waals surface area contributed by atoms with Gasteiger partial charge in [0.15, 0.2) is 0 Å². The second-order valence-electron chi connectivity index (χ2n) is 7.17. The Morgan fingerprint density at radius 2 is 1.91 bits per heavy atom. The van der Waals surface area contributed by atoms with Gasteiger partial charge in [0.1, 0.15) is 18.0 Å². The van der Waals surface area contributed by atoms with E-state index in [9.17, 15) is 13.6 Å². The number of halogens is 2. The van der Waals surface area contributed by atoms with E-state index in [0.29, 0.717) is 35.7 Å². The molecule has 0 fully saturated rings. The van der Waals surface area contributed by atoms with Crippen LogP contribution >= 0.6 is 0 Å². The lowest BCUT2D eigenvalue weighted by Gasteiger charge is -2.15. The molecule has 0 aliphatic carbocycles. The van der Waals surface area contributed by atoms with E-state index in [-0.39, 0.29) is 17.5 Å². The molecular weight excluding hydrogens is 420 g/mol. The molecule has 2 N–H and O–H groups in total. The number of pyridine rings is 1. The number of aromatic nitrogens is 5. The minimum atomic E-state index is -3.20. The number of ether oxygens (including phenoxy) is 1. The van der Waals surface area contributed by atoms with Crippen LogP contribution in [0.3, 0.4) is 0 Å². The monoisotopic (exact) mass is 443 g/mol. The normalized spacial score (nSPS) is 11.3. The fourth-order valence-electron chi connectivity index (χ4n) is 2.87. The van der Waals surface area contributed by atoms with Crippen LogP contribution in [0.5, 0.6) is 0 Å². The van der Waals surface area contributed by atoms with Gasteiger partial charge in [0.2, 0.25) is 11.7 Å². The summed E-state index contributed by atoms with van der Waals surface area (Å²) in [6.45, 7) is 4.19. The summed E-state index contributed by atoms with van der Waals surface area (Å²) in [5.41, 5.74) is 2.73. The average molecular weight is 443 g/mol. The number of nitrogens with zero attached hydrogens (tertiary/aromatic N) is 5. The van der Waals surface area contributed by atoms with Gasteiger partial charge in [0, 0.05) is 62.7 Å². The number of methoxy groups -OCH3 is 1. The molecule has 0 aliphatic heterocycles. The number of rotatable bonds is 8. The summed E-state index contributed by atoms with van der Waals surface area (Å²) in [7, 11) is 1.60. The Hall–Kier alpha value is -3.60. The summed E-state index contributed by atoms with van der Waals surface area (Å²) in [6.07, 6.45) is 3.54. The van der Waals surface area contributed by atoms with Gasteiger partial charge in [-0.1, -0.05) is 0 Å². The molecule has 0 atom stereocenters. The van der Waals surface area contributed by atoms with Crippen molar-refractivity contribution in [2.75, 3.05) is 24.4 Å². The molecule has 9 nitrogen and oxygen atoms in total.